The van der Waals surface area contributed by atoms with Gasteiger partial charge in [-0.2, -0.15) is 0 Å². The van der Waals surface area contributed by atoms with Gasteiger partial charge in [-0.1, -0.05) is 29.3 Å². The van der Waals surface area contributed by atoms with Crippen LogP contribution >= 0.6 is 46.8 Å². The lowest BCUT2D eigenvalue weighted by atomic mass is 10.2. The van der Waals surface area contributed by atoms with Gasteiger partial charge in [0.2, 0.25) is 0 Å². The molecule has 0 aliphatic carbocycles. The second-order valence-corrected chi connectivity index (χ2v) is 7.75. The average Bonchev–Trinajstić information content (AvgIpc) is 2.90. The highest BCUT2D eigenvalue weighted by atomic mass is 35.5. The molecule has 0 atom stereocenters. The molecule has 1 aliphatic rings. The lowest BCUT2D eigenvalue weighted by molar-refractivity contribution is 0.0696. The maximum absolute atomic E-state index is 12.8. The van der Waals surface area contributed by atoms with Gasteiger partial charge in [-0.15, -0.1) is 11.3 Å². The molecule has 2 heterocycles. The smallest absolute Gasteiger partial charge is 0.265 e. The Morgan fingerprint density at radius 1 is 1.25 bits per heavy atom. The molecule has 1 fully saturated rings. The quantitative estimate of drug-likeness (QED) is 0.774. The van der Waals surface area contributed by atoms with Crippen LogP contribution in [0, 0.1) is 0 Å². The van der Waals surface area contributed by atoms with Crippen LogP contribution in [0.4, 0.5) is 0 Å². The number of hydrogen-bond acceptors (Lipinski definition) is 3. The monoisotopic (exact) mass is 401 g/mol. The second kappa shape index (κ2) is 7.44. The molecule has 0 bridgehead atoms. The number of rotatable bonds is 2. The van der Waals surface area contributed by atoms with E-state index in [1.807, 2.05) is 24.0 Å². The van der Waals surface area contributed by atoms with E-state index >= 15 is 0 Å². The Morgan fingerprint density at radius 3 is 2.58 bits per heavy atom. The fourth-order valence-electron chi connectivity index (χ4n) is 2.70. The van der Waals surface area contributed by atoms with Crippen LogP contribution in [-0.4, -0.2) is 53.5 Å². The van der Waals surface area contributed by atoms with Crippen molar-refractivity contribution < 1.29 is 4.79 Å². The summed E-state index contributed by atoms with van der Waals surface area (Å²) >= 11 is 19.2. The number of carbonyl (C=O) groups is 1. The van der Waals surface area contributed by atoms with Crippen molar-refractivity contribution in [1.82, 2.24) is 15.1 Å². The van der Waals surface area contributed by atoms with E-state index in [9.17, 15) is 4.79 Å². The minimum atomic E-state index is -0.0219. The van der Waals surface area contributed by atoms with Crippen LogP contribution in [0.5, 0.6) is 0 Å². The maximum Gasteiger partial charge on any atom is 0.265 e. The summed E-state index contributed by atoms with van der Waals surface area (Å²) < 4.78 is 0.933. The molecular formula is C16H17Cl2N3OS2. The summed E-state index contributed by atoms with van der Waals surface area (Å²) in [4.78, 5) is 17.3. The van der Waals surface area contributed by atoms with Gasteiger partial charge in [0.05, 0.1) is 5.02 Å². The summed E-state index contributed by atoms with van der Waals surface area (Å²) in [5, 5.41) is 5.93. The van der Waals surface area contributed by atoms with Crippen LogP contribution in [-0.2, 0) is 0 Å². The molecule has 2 aromatic rings. The van der Waals surface area contributed by atoms with Crippen molar-refractivity contribution in [1.29, 1.82) is 0 Å². The number of carbonyl (C=O) groups excluding carboxylic acids is 1. The van der Waals surface area contributed by atoms with Crippen molar-refractivity contribution in [2.45, 2.75) is 6.92 Å². The Kier molecular flexibility index (Phi) is 5.49. The maximum atomic E-state index is 12.8. The zero-order valence-corrected chi connectivity index (χ0v) is 16.3. The third kappa shape index (κ3) is 3.47. The minimum absolute atomic E-state index is 0.0219. The first kappa shape index (κ1) is 17.7. The van der Waals surface area contributed by atoms with Gasteiger partial charge in [0.15, 0.2) is 5.11 Å². The highest BCUT2D eigenvalue weighted by molar-refractivity contribution is 7.80. The van der Waals surface area contributed by atoms with Gasteiger partial charge < -0.3 is 15.1 Å². The summed E-state index contributed by atoms with van der Waals surface area (Å²) in [5.41, 5.74) is 0. The predicted molar refractivity (Wildman–Crippen MR) is 106 cm³/mol. The molecule has 3 rings (SSSR count). The van der Waals surface area contributed by atoms with Crippen LogP contribution in [0.25, 0.3) is 10.1 Å². The van der Waals surface area contributed by atoms with Crippen molar-refractivity contribution >= 4 is 67.9 Å². The zero-order valence-electron chi connectivity index (χ0n) is 13.1. The summed E-state index contributed by atoms with van der Waals surface area (Å²) in [6, 6.07) is 5.49. The van der Waals surface area contributed by atoms with Crippen molar-refractivity contribution in [3.63, 3.8) is 0 Å². The summed E-state index contributed by atoms with van der Waals surface area (Å²) in [6.45, 7) is 5.54. The van der Waals surface area contributed by atoms with E-state index in [-0.39, 0.29) is 5.91 Å². The highest BCUT2D eigenvalue weighted by Crippen LogP contribution is 2.37. The number of nitrogens with zero attached hydrogens (tertiary/aromatic N) is 2. The molecule has 1 amide bonds. The van der Waals surface area contributed by atoms with Gasteiger partial charge in [-0.05, 0) is 31.3 Å². The third-order valence-corrected chi connectivity index (χ3v) is 6.25. The van der Waals surface area contributed by atoms with Gasteiger partial charge in [0, 0.05) is 47.8 Å². The van der Waals surface area contributed by atoms with Gasteiger partial charge in [-0.25, -0.2) is 0 Å². The number of halogens is 2. The molecule has 1 aromatic heterocycles. The topological polar surface area (TPSA) is 35.6 Å². The van der Waals surface area contributed by atoms with Crippen LogP contribution in [0.3, 0.4) is 0 Å². The molecule has 8 heteroatoms. The van der Waals surface area contributed by atoms with E-state index in [0.717, 1.165) is 34.8 Å². The molecule has 0 unspecified atom stereocenters. The number of piperazine rings is 1. The molecule has 0 spiro atoms. The predicted octanol–water partition coefficient (Wildman–Crippen LogP) is 3.86. The fraction of sp³-hybridized carbons (Fsp3) is 0.375. The molecule has 128 valence electrons. The van der Waals surface area contributed by atoms with Crippen LogP contribution in [0.1, 0.15) is 16.6 Å². The van der Waals surface area contributed by atoms with Gasteiger partial charge in [-0.3, -0.25) is 4.79 Å². The van der Waals surface area contributed by atoms with E-state index < -0.39 is 0 Å². The Balaban J connectivity index is 1.74. The summed E-state index contributed by atoms with van der Waals surface area (Å²) in [5.74, 6) is -0.0219. The average molecular weight is 402 g/mol. The van der Waals surface area contributed by atoms with Crippen LogP contribution in [0.15, 0.2) is 18.2 Å². The summed E-state index contributed by atoms with van der Waals surface area (Å²) in [6.07, 6.45) is 0. The number of thiophene rings is 1. The highest BCUT2D eigenvalue weighted by Gasteiger charge is 2.26. The summed E-state index contributed by atoms with van der Waals surface area (Å²) in [7, 11) is 0. The van der Waals surface area contributed by atoms with Gasteiger partial charge in [0.25, 0.3) is 5.91 Å². The zero-order chi connectivity index (χ0) is 17.3. The van der Waals surface area contributed by atoms with Gasteiger partial charge in [0.1, 0.15) is 4.88 Å². The van der Waals surface area contributed by atoms with Crippen LogP contribution < -0.4 is 5.32 Å². The first-order valence-corrected chi connectivity index (χ1v) is 9.69. The van der Waals surface area contributed by atoms with E-state index in [4.69, 9.17) is 35.4 Å². The third-order valence-electron chi connectivity index (χ3n) is 3.97. The minimum Gasteiger partial charge on any atom is -0.363 e. The van der Waals surface area contributed by atoms with Crippen molar-refractivity contribution in [2.24, 2.45) is 0 Å². The lowest BCUT2D eigenvalue weighted by Gasteiger charge is -2.36. The SMILES string of the molecule is CCNC(=S)N1CCN(C(=O)c2sc3cc(Cl)ccc3c2Cl)CC1. The number of nitrogens with one attached hydrogen (secondary N) is 1. The Hall–Kier alpha value is -1.08. The van der Waals surface area contributed by atoms with Crippen molar-refractivity contribution in [3.8, 4) is 0 Å². The molecular weight excluding hydrogens is 385 g/mol. The van der Waals surface area contributed by atoms with Crippen LogP contribution in [0.2, 0.25) is 10.0 Å². The van der Waals surface area contributed by atoms with E-state index in [0.29, 0.717) is 28.0 Å². The Labute approximate surface area is 160 Å². The first-order valence-electron chi connectivity index (χ1n) is 7.71. The number of fused-ring (bicyclic) bond motifs is 1. The molecule has 1 aliphatic heterocycles. The molecule has 0 radical (unpaired) electrons. The Bertz CT molecular complexity index is 785. The van der Waals surface area contributed by atoms with E-state index in [1.54, 1.807) is 6.07 Å². The molecule has 0 saturated carbocycles. The van der Waals surface area contributed by atoms with E-state index in [2.05, 4.69) is 10.2 Å². The standard InChI is InChI=1S/C16H17Cl2N3OS2/c1-2-19-16(23)21-7-5-20(6-8-21)15(22)14-13(18)11-4-3-10(17)9-12(11)24-14/h3-4,9H,2,5-8H2,1H3,(H,19,23). The number of benzene rings is 1. The number of thiocarbonyl (C=S) groups is 1. The van der Waals surface area contributed by atoms with Crippen molar-refractivity contribution in [3.05, 3.63) is 33.1 Å². The molecule has 24 heavy (non-hydrogen) atoms. The largest absolute Gasteiger partial charge is 0.363 e. The second-order valence-electron chi connectivity index (χ2n) is 5.50. The number of hydrogen-bond donors (Lipinski definition) is 1. The number of amides is 1. The van der Waals surface area contributed by atoms with Gasteiger partial charge >= 0.3 is 0 Å². The molecule has 1 N–H and O–H groups in total. The molecule has 1 aromatic carbocycles. The first-order chi connectivity index (χ1) is 11.5. The normalized spacial score (nSPS) is 15.0. The molecule has 4 nitrogen and oxygen atoms in total. The molecule has 1 saturated heterocycles. The Morgan fingerprint density at radius 2 is 1.92 bits per heavy atom. The van der Waals surface area contributed by atoms with E-state index in [1.165, 1.54) is 11.3 Å². The lowest BCUT2D eigenvalue weighted by Crippen LogP contribution is -2.53. The van der Waals surface area contributed by atoms with Crippen molar-refractivity contribution in [2.75, 3.05) is 32.7 Å². The fourth-order valence-corrected chi connectivity index (χ4v) is 4.78.